The minimum absolute atomic E-state index is 0.0377. The average molecular weight is 347 g/mol. The molecule has 1 saturated heterocycles. The van der Waals surface area contributed by atoms with E-state index in [1.165, 1.54) is 6.42 Å². The van der Waals surface area contributed by atoms with E-state index in [1.54, 1.807) is 12.1 Å². The van der Waals surface area contributed by atoms with E-state index in [2.05, 4.69) is 14.9 Å². The molecular weight excluding hydrogens is 324 g/mol. The molecule has 1 fully saturated rings. The lowest BCUT2D eigenvalue weighted by Crippen LogP contribution is -2.46. The van der Waals surface area contributed by atoms with E-state index in [4.69, 9.17) is 11.6 Å². The maximum Gasteiger partial charge on any atom is 0.322 e. The zero-order chi connectivity index (χ0) is 16.9. The lowest BCUT2D eigenvalue weighted by atomic mass is 9.99. The molecular formula is C18H23ClN4O. The molecule has 0 unspecified atom stereocenters. The maximum absolute atomic E-state index is 12.7. The van der Waals surface area contributed by atoms with Crippen molar-refractivity contribution in [1.82, 2.24) is 14.5 Å². The van der Waals surface area contributed by atoms with Crippen molar-refractivity contribution in [2.24, 2.45) is 0 Å². The summed E-state index contributed by atoms with van der Waals surface area (Å²) in [5, 5.41) is 3.59. The van der Waals surface area contributed by atoms with Gasteiger partial charge in [-0.1, -0.05) is 17.7 Å². The molecule has 2 heterocycles. The van der Waals surface area contributed by atoms with Gasteiger partial charge >= 0.3 is 6.03 Å². The van der Waals surface area contributed by atoms with Gasteiger partial charge < -0.3 is 14.8 Å². The summed E-state index contributed by atoms with van der Waals surface area (Å²) in [6.07, 6.45) is 8.04. The normalized spacial score (nSPS) is 17.8. The van der Waals surface area contributed by atoms with Crippen LogP contribution in [0.5, 0.6) is 0 Å². The summed E-state index contributed by atoms with van der Waals surface area (Å²) in [6, 6.07) is 7.50. The van der Waals surface area contributed by atoms with Gasteiger partial charge in [-0.15, -0.1) is 0 Å². The number of carbonyl (C=O) groups is 1. The number of anilines is 1. The number of hydrogen-bond donors (Lipinski definition) is 1. The summed E-state index contributed by atoms with van der Waals surface area (Å²) in [5.74, 6) is 1.01. The van der Waals surface area contributed by atoms with Crippen LogP contribution in [0.4, 0.5) is 10.5 Å². The van der Waals surface area contributed by atoms with Gasteiger partial charge in [0.05, 0.1) is 0 Å². The number of aromatic nitrogens is 2. The first-order valence-electron chi connectivity index (χ1n) is 8.44. The number of hydrogen-bond acceptors (Lipinski definition) is 2. The molecule has 1 aromatic heterocycles. The van der Waals surface area contributed by atoms with Crippen LogP contribution in [0.1, 0.15) is 31.5 Å². The van der Waals surface area contributed by atoms with Crippen molar-refractivity contribution in [3.8, 4) is 0 Å². The van der Waals surface area contributed by atoms with E-state index in [9.17, 15) is 4.79 Å². The maximum atomic E-state index is 12.7. The first-order valence-corrected chi connectivity index (χ1v) is 8.82. The predicted molar refractivity (Wildman–Crippen MR) is 96.4 cm³/mol. The van der Waals surface area contributed by atoms with Gasteiger partial charge in [0.2, 0.25) is 0 Å². The molecule has 3 rings (SSSR count). The molecule has 0 aliphatic carbocycles. The Morgan fingerprint density at radius 3 is 3.04 bits per heavy atom. The SMILES string of the molecule is Cc1nccn1CC[C@H]1CCCCN1C(=O)Nc1cccc(Cl)c1. The summed E-state index contributed by atoms with van der Waals surface area (Å²) in [6.45, 7) is 3.70. The van der Waals surface area contributed by atoms with Crippen LogP contribution >= 0.6 is 11.6 Å². The highest BCUT2D eigenvalue weighted by Crippen LogP contribution is 2.22. The van der Waals surface area contributed by atoms with Gasteiger partial charge in [-0.2, -0.15) is 0 Å². The van der Waals surface area contributed by atoms with E-state index in [-0.39, 0.29) is 12.1 Å². The Hall–Kier alpha value is -2.01. The third-order valence-electron chi connectivity index (χ3n) is 4.59. The Labute approximate surface area is 147 Å². The Kier molecular flexibility index (Phi) is 5.41. The molecule has 0 spiro atoms. The predicted octanol–water partition coefficient (Wildman–Crippen LogP) is 4.32. The Morgan fingerprint density at radius 1 is 1.42 bits per heavy atom. The van der Waals surface area contributed by atoms with Crippen LogP contribution in [0.2, 0.25) is 5.02 Å². The minimum atomic E-state index is -0.0377. The molecule has 0 bridgehead atoms. The minimum Gasteiger partial charge on any atom is -0.335 e. The van der Waals surface area contributed by atoms with Gasteiger partial charge in [-0.05, 0) is 50.8 Å². The summed E-state index contributed by atoms with van der Waals surface area (Å²) in [4.78, 5) is 18.9. The summed E-state index contributed by atoms with van der Waals surface area (Å²) in [7, 11) is 0. The smallest absolute Gasteiger partial charge is 0.322 e. The summed E-state index contributed by atoms with van der Waals surface area (Å²) < 4.78 is 2.14. The van der Waals surface area contributed by atoms with Crippen molar-refractivity contribution in [3.63, 3.8) is 0 Å². The van der Waals surface area contributed by atoms with E-state index in [1.807, 2.05) is 36.4 Å². The number of amides is 2. The molecule has 1 aliphatic rings. The zero-order valence-electron chi connectivity index (χ0n) is 13.9. The molecule has 1 atom stereocenters. The fourth-order valence-corrected chi connectivity index (χ4v) is 3.45. The van der Waals surface area contributed by atoms with E-state index in [0.717, 1.165) is 43.9 Å². The second-order valence-electron chi connectivity index (χ2n) is 6.24. The molecule has 1 N–H and O–H groups in total. The van der Waals surface area contributed by atoms with Crippen LogP contribution in [0.25, 0.3) is 0 Å². The van der Waals surface area contributed by atoms with Crippen LogP contribution in [-0.2, 0) is 6.54 Å². The number of piperidine rings is 1. The fraction of sp³-hybridized carbons (Fsp3) is 0.444. The number of rotatable bonds is 4. The van der Waals surface area contributed by atoms with Crippen molar-refractivity contribution in [2.45, 2.75) is 45.2 Å². The monoisotopic (exact) mass is 346 g/mol. The third-order valence-corrected chi connectivity index (χ3v) is 4.83. The number of benzene rings is 1. The molecule has 1 aromatic carbocycles. The van der Waals surface area contributed by atoms with Crippen molar-refractivity contribution in [2.75, 3.05) is 11.9 Å². The number of halogens is 1. The largest absolute Gasteiger partial charge is 0.335 e. The molecule has 6 heteroatoms. The third kappa shape index (κ3) is 4.09. The van der Waals surface area contributed by atoms with Crippen molar-refractivity contribution in [3.05, 3.63) is 47.5 Å². The highest BCUT2D eigenvalue weighted by molar-refractivity contribution is 6.30. The molecule has 5 nitrogen and oxygen atoms in total. The van der Waals surface area contributed by atoms with Crippen LogP contribution in [0.15, 0.2) is 36.7 Å². The molecule has 0 radical (unpaired) electrons. The lowest BCUT2D eigenvalue weighted by molar-refractivity contribution is 0.155. The van der Waals surface area contributed by atoms with Gasteiger partial charge in [-0.25, -0.2) is 9.78 Å². The van der Waals surface area contributed by atoms with Crippen LogP contribution in [0.3, 0.4) is 0 Å². The number of urea groups is 1. The molecule has 0 saturated carbocycles. The molecule has 2 aromatic rings. The van der Waals surface area contributed by atoms with E-state index in [0.29, 0.717) is 5.02 Å². The second-order valence-corrected chi connectivity index (χ2v) is 6.68. The first kappa shape index (κ1) is 16.8. The van der Waals surface area contributed by atoms with Crippen LogP contribution in [0, 0.1) is 6.92 Å². The van der Waals surface area contributed by atoms with Gasteiger partial charge in [0.1, 0.15) is 5.82 Å². The average Bonchev–Trinajstić information content (AvgIpc) is 2.98. The number of imidazole rings is 1. The molecule has 128 valence electrons. The van der Waals surface area contributed by atoms with Gasteiger partial charge in [-0.3, -0.25) is 0 Å². The highest BCUT2D eigenvalue weighted by Gasteiger charge is 2.26. The topological polar surface area (TPSA) is 50.2 Å². The Balaban J connectivity index is 1.63. The number of nitrogens with one attached hydrogen (secondary N) is 1. The van der Waals surface area contributed by atoms with Crippen molar-refractivity contribution >= 4 is 23.3 Å². The number of nitrogens with zero attached hydrogens (tertiary/aromatic N) is 3. The Morgan fingerprint density at radius 2 is 2.29 bits per heavy atom. The van der Waals surface area contributed by atoms with Crippen molar-refractivity contribution < 1.29 is 4.79 Å². The lowest BCUT2D eigenvalue weighted by Gasteiger charge is -2.36. The fourth-order valence-electron chi connectivity index (χ4n) is 3.26. The summed E-state index contributed by atoms with van der Waals surface area (Å²) >= 11 is 5.99. The molecule has 24 heavy (non-hydrogen) atoms. The molecule has 1 aliphatic heterocycles. The first-order chi connectivity index (χ1) is 11.6. The van der Waals surface area contributed by atoms with E-state index >= 15 is 0 Å². The number of aryl methyl sites for hydroxylation is 2. The Bertz CT molecular complexity index is 700. The van der Waals surface area contributed by atoms with Gasteiger partial charge in [0.15, 0.2) is 0 Å². The number of carbonyl (C=O) groups excluding carboxylic acids is 1. The quantitative estimate of drug-likeness (QED) is 0.896. The summed E-state index contributed by atoms with van der Waals surface area (Å²) in [5.41, 5.74) is 0.738. The number of likely N-dealkylation sites (tertiary alicyclic amines) is 1. The highest BCUT2D eigenvalue weighted by atomic mass is 35.5. The van der Waals surface area contributed by atoms with Crippen LogP contribution < -0.4 is 5.32 Å². The molecule has 2 amide bonds. The van der Waals surface area contributed by atoms with Gasteiger partial charge in [0.25, 0.3) is 0 Å². The standard InChI is InChI=1S/C18H23ClN4O/c1-14-20-9-12-22(14)11-8-17-7-2-3-10-23(17)18(24)21-16-6-4-5-15(19)13-16/h4-6,9,12-13,17H,2-3,7-8,10-11H2,1H3,(H,21,24)/t17-/m1/s1. The second kappa shape index (κ2) is 7.71. The van der Waals surface area contributed by atoms with Crippen molar-refractivity contribution in [1.29, 1.82) is 0 Å². The van der Waals surface area contributed by atoms with E-state index < -0.39 is 0 Å². The van der Waals surface area contributed by atoms with Gasteiger partial charge in [0, 0.05) is 42.2 Å². The van der Waals surface area contributed by atoms with Crippen LogP contribution in [-0.4, -0.2) is 33.1 Å². The zero-order valence-corrected chi connectivity index (χ0v) is 14.7.